The molecule has 0 bridgehead atoms. The number of ether oxygens (including phenoxy) is 2. The molecule has 22 heavy (non-hydrogen) atoms. The van der Waals surface area contributed by atoms with Crippen molar-refractivity contribution >= 4 is 0 Å². The summed E-state index contributed by atoms with van der Waals surface area (Å²) < 4.78 is 48.1. The number of benzene rings is 2. The van der Waals surface area contributed by atoms with Crippen LogP contribution in [0.2, 0.25) is 0 Å². The monoisotopic (exact) mass is 310 g/mol. The van der Waals surface area contributed by atoms with Gasteiger partial charge in [0.05, 0.1) is 19.8 Å². The van der Waals surface area contributed by atoms with Crippen LogP contribution in [-0.4, -0.2) is 14.2 Å². The minimum atomic E-state index is -4.30. The summed E-state index contributed by atoms with van der Waals surface area (Å²) in [5.41, 5.74) is 1.18. The molecule has 0 radical (unpaired) electrons. The van der Waals surface area contributed by atoms with Gasteiger partial charge in [0.15, 0.2) is 11.5 Å². The van der Waals surface area contributed by atoms with Gasteiger partial charge in [0.25, 0.3) is 0 Å². The lowest BCUT2D eigenvalue weighted by molar-refractivity contribution is -0.137. The molecule has 0 aromatic heterocycles. The lowest BCUT2D eigenvalue weighted by Crippen LogP contribution is -2.04. The summed E-state index contributed by atoms with van der Waals surface area (Å²) in [6.45, 7) is 0. The molecule has 2 aromatic rings. The average Bonchev–Trinajstić information content (AvgIpc) is 2.51. The molecule has 0 spiro atoms. The minimum Gasteiger partial charge on any atom is -0.493 e. The predicted molar refractivity (Wildman–Crippen MR) is 78.4 cm³/mol. The Morgan fingerprint density at radius 2 is 1.55 bits per heavy atom. The van der Waals surface area contributed by atoms with Crippen LogP contribution in [0.15, 0.2) is 42.5 Å². The van der Waals surface area contributed by atoms with Gasteiger partial charge in [-0.2, -0.15) is 13.2 Å². The molecule has 118 valence electrons. The van der Waals surface area contributed by atoms with Crippen LogP contribution in [0.3, 0.4) is 0 Å². The summed E-state index contributed by atoms with van der Waals surface area (Å²) >= 11 is 0. The van der Waals surface area contributed by atoms with Crippen LogP contribution in [0.5, 0.6) is 11.5 Å². The van der Waals surface area contributed by atoms with Crippen LogP contribution >= 0.6 is 0 Å². The zero-order chi connectivity index (χ0) is 16.2. The fourth-order valence-corrected chi connectivity index (χ4v) is 2.29. The van der Waals surface area contributed by atoms with Crippen LogP contribution < -0.4 is 9.47 Å². The molecular weight excluding hydrogens is 293 g/mol. The van der Waals surface area contributed by atoms with Gasteiger partial charge in [0.2, 0.25) is 0 Å². The van der Waals surface area contributed by atoms with E-state index in [-0.39, 0.29) is 0 Å². The highest BCUT2D eigenvalue weighted by molar-refractivity contribution is 5.46. The van der Waals surface area contributed by atoms with Crippen molar-refractivity contribution in [2.24, 2.45) is 0 Å². The van der Waals surface area contributed by atoms with Crippen molar-refractivity contribution in [1.82, 2.24) is 0 Å². The highest BCUT2D eigenvalue weighted by Gasteiger charge is 2.29. The maximum absolute atomic E-state index is 12.5. The van der Waals surface area contributed by atoms with Crippen molar-refractivity contribution in [2.45, 2.75) is 19.0 Å². The number of halogens is 3. The standard InChI is InChI=1S/C17H17F3O2/c1-21-15-5-3-4-13(16(15)22-2)9-6-12-7-10-14(11-8-12)17(18,19)20/h3-5,7-8,10-11H,6,9H2,1-2H3. The Kier molecular flexibility index (Phi) is 4.96. The van der Waals surface area contributed by atoms with Crippen LogP contribution in [0.25, 0.3) is 0 Å². The largest absolute Gasteiger partial charge is 0.493 e. The highest BCUT2D eigenvalue weighted by Crippen LogP contribution is 2.32. The summed E-state index contributed by atoms with van der Waals surface area (Å²) in [6, 6.07) is 10.8. The molecule has 0 aliphatic carbocycles. The van der Waals surface area contributed by atoms with E-state index in [1.165, 1.54) is 12.1 Å². The summed E-state index contributed by atoms with van der Waals surface area (Å²) in [7, 11) is 3.14. The summed E-state index contributed by atoms with van der Waals surface area (Å²) in [5.74, 6) is 1.31. The second-order valence-corrected chi connectivity index (χ2v) is 4.85. The molecule has 0 aliphatic heterocycles. The van der Waals surface area contributed by atoms with Crippen LogP contribution in [0, 0.1) is 0 Å². The van der Waals surface area contributed by atoms with Crippen LogP contribution in [0.1, 0.15) is 16.7 Å². The van der Waals surface area contributed by atoms with E-state index in [4.69, 9.17) is 9.47 Å². The zero-order valence-electron chi connectivity index (χ0n) is 12.4. The van der Waals surface area contributed by atoms with Crippen molar-refractivity contribution in [2.75, 3.05) is 14.2 Å². The van der Waals surface area contributed by atoms with E-state index < -0.39 is 11.7 Å². The molecule has 0 amide bonds. The second kappa shape index (κ2) is 6.73. The molecule has 2 nitrogen and oxygen atoms in total. The molecule has 0 heterocycles. The van der Waals surface area contributed by atoms with Gasteiger partial charge in [-0.1, -0.05) is 24.3 Å². The van der Waals surface area contributed by atoms with Gasteiger partial charge in [-0.05, 0) is 42.2 Å². The Hall–Kier alpha value is -2.17. The first-order valence-corrected chi connectivity index (χ1v) is 6.81. The van der Waals surface area contributed by atoms with Gasteiger partial charge in [0, 0.05) is 0 Å². The maximum Gasteiger partial charge on any atom is 0.416 e. The fraction of sp³-hybridized carbons (Fsp3) is 0.294. The van der Waals surface area contributed by atoms with E-state index in [2.05, 4.69) is 0 Å². The third kappa shape index (κ3) is 3.72. The molecule has 0 atom stereocenters. The first kappa shape index (κ1) is 16.2. The summed E-state index contributed by atoms with van der Waals surface area (Å²) in [6.07, 6.45) is -3.01. The molecule has 0 saturated carbocycles. The van der Waals surface area contributed by atoms with Crippen molar-refractivity contribution in [3.05, 3.63) is 59.2 Å². The molecule has 0 N–H and O–H groups in total. The van der Waals surface area contributed by atoms with Crippen molar-refractivity contribution in [1.29, 1.82) is 0 Å². The van der Waals surface area contributed by atoms with Gasteiger partial charge in [0.1, 0.15) is 0 Å². The number of aryl methyl sites for hydroxylation is 2. The Morgan fingerprint density at radius 1 is 0.864 bits per heavy atom. The van der Waals surface area contributed by atoms with Crippen LogP contribution in [-0.2, 0) is 19.0 Å². The molecule has 2 aromatic carbocycles. The number of hydrogen-bond acceptors (Lipinski definition) is 2. The molecule has 5 heteroatoms. The number of alkyl halides is 3. The van der Waals surface area contributed by atoms with E-state index in [1.54, 1.807) is 20.3 Å². The Balaban J connectivity index is 2.10. The van der Waals surface area contributed by atoms with E-state index >= 15 is 0 Å². The molecule has 2 rings (SSSR count). The molecular formula is C17H17F3O2. The first-order chi connectivity index (χ1) is 10.5. The number of rotatable bonds is 5. The molecule has 0 fully saturated rings. The van der Waals surface area contributed by atoms with E-state index in [1.807, 2.05) is 12.1 Å². The van der Waals surface area contributed by atoms with Gasteiger partial charge in [-0.15, -0.1) is 0 Å². The van der Waals surface area contributed by atoms with Gasteiger partial charge in [-0.25, -0.2) is 0 Å². The fourth-order valence-electron chi connectivity index (χ4n) is 2.29. The van der Waals surface area contributed by atoms with E-state index in [9.17, 15) is 13.2 Å². The SMILES string of the molecule is COc1cccc(CCc2ccc(C(F)(F)F)cc2)c1OC. The van der Waals surface area contributed by atoms with Gasteiger partial charge < -0.3 is 9.47 Å². The zero-order valence-corrected chi connectivity index (χ0v) is 12.4. The molecule has 0 saturated heterocycles. The lowest BCUT2D eigenvalue weighted by Gasteiger charge is -2.12. The number of methoxy groups -OCH3 is 2. The van der Waals surface area contributed by atoms with E-state index in [0.717, 1.165) is 23.3 Å². The second-order valence-electron chi connectivity index (χ2n) is 4.85. The number of hydrogen-bond donors (Lipinski definition) is 0. The van der Waals surface area contributed by atoms with Crippen molar-refractivity contribution in [3.63, 3.8) is 0 Å². The summed E-state index contributed by atoms with van der Waals surface area (Å²) in [5, 5.41) is 0. The normalized spacial score (nSPS) is 11.3. The van der Waals surface area contributed by atoms with Gasteiger partial charge in [-0.3, -0.25) is 0 Å². The van der Waals surface area contributed by atoms with Crippen molar-refractivity contribution < 1.29 is 22.6 Å². The lowest BCUT2D eigenvalue weighted by atomic mass is 10.0. The number of para-hydroxylation sites is 1. The molecule has 0 aliphatic rings. The Bertz CT molecular complexity index is 619. The third-order valence-electron chi connectivity index (χ3n) is 3.45. The minimum absolute atomic E-state index is 0.627. The quantitative estimate of drug-likeness (QED) is 0.809. The Labute approximate surface area is 127 Å². The maximum atomic E-state index is 12.5. The highest BCUT2D eigenvalue weighted by atomic mass is 19.4. The summed E-state index contributed by atoms with van der Waals surface area (Å²) in [4.78, 5) is 0. The predicted octanol–water partition coefficient (Wildman–Crippen LogP) is 4.51. The first-order valence-electron chi connectivity index (χ1n) is 6.81. The topological polar surface area (TPSA) is 18.5 Å². The Morgan fingerprint density at radius 3 is 2.09 bits per heavy atom. The average molecular weight is 310 g/mol. The van der Waals surface area contributed by atoms with Crippen LogP contribution in [0.4, 0.5) is 13.2 Å². The van der Waals surface area contributed by atoms with Crippen molar-refractivity contribution in [3.8, 4) is 11.5 Å². The molecule has 0 unspecified atom stereocenters. The third-order valence-corrected chi connectivity index (χ3v) is 3.45. The smallest absolute Gasteiger partial charge is 0.416 e. The van der Waals surface area contributed by atoms with E-state index in [0.29, 0.717) is 24.3 Å². The van der Waals surface area contributed by atoms with Gasteiger partial charge >= 0.3 is 6.18 Å².